The van der Waals surface area contributed by atoms with E-state index >= 15 is 0 Å². The quantitative estimate of drug-likeness (QED) is 0.390. The molecule has 0 amide bonds. The predicted molar refractivity (Wildman–Crippen MR) is 117 cm³/mol. The Balaban J connectivity index is 1.47. The van der Waals surface area contributed by atoms with E-state index in [-0.39, 0.29) is 17.3 Å². The number of benzene rings is 2. The van der Waals surface area contributed by atoms with Gasteiger partial charge in [-0.05, 0) is 49.5 Å². The molecule has 2 aromatic carbocycles. The van der Waals surface area contributed by atoms with Gasteiger partial charge < -0.3 is 14.9 Å². The molecular formula is C24H20F3N3O5. The zero-order valence-corrected chi connectivity index (χ0v) is 18.2. The van der Waals surface area contributed by atoms with E-state index in [4.69, 9.17) is 4.74 Å². The Morgan fingerprint density at radius 2 is 1.86 bits per heavy atom. The Bertz CT molecular complexity index is 1390. The van der Waals surface area contributed by atoms with Crippen LogP contribution in [0.3, 0.4) is 0 Å². The molecule has 0 saturated carbocycles. The van der Waals surface area contributed by atoms with Crippen LogP contribution in [0.2, 0.25) is 0 Å². The Hall–Kier alpha value is -3.57. The van der Waals surface area contributed by atoms with Gasteiger partial charge in [-0.25, -0.2) is 4.79 Å². The largest absolute Gasteiger partial charge is 0.504 e. The Morgan fingerprint density at radius 1 is 1.11 bits per heavy atom. The van der Waals surface area contributed by atoms with Gasteiger partial charge in [-0.1, -0.05) is 28.9 Å². The lowest BCUT2D eigenvalue weighted by Crippen LogP contribution is -2.53. The third kappa shape index (κ3) is 3.53. The fraction of sp³-hybridized carbons (Fsp3) is 0.333. The van der Waals surface area contributed by atoms with E-state index in [2.05, 4.69) is 14.7 Å². The molecule has 3 atom stereocenters. The summed E-state index contributed by atoms with van der Waals surface area (Å²) >= 11 is 0. The van der Waals surface area contributed by atoms with Crippen molar-refractivity contribution in [3.05, 3.63) is 63.6 Å². The molecule has 8 nitrogen and oxygen atoms in total. The van der Waals surface area contributed by atoms with Crippen LogP contribution in [0.4, 0.5) is 13.2 Å². The molecule has 11 heteroatoms. The van der Waals surface area contributed by atoms with Gasteiger partial charge in [0, 0.05) is 28.8 Å². The number of aromatic nitrogens is 2. The second-order valence-corrected chi connectivity index (χ2v) is 9.04. The van der Waals surface area contributed by atoms with Gasteiger partial charge in [0.15, 0.2) is 17.3 Å². The number of aromatic hydroxyl groups is 1. The molecule has 4 heterocycles. The smallest absolute Gasteiger partial charge is 0.439 e. The maximum atomic E-state index is 13.3. The number of rotatable bonds is 2. The molecule has 1 aromatic heterocycles. The van der Waals surface area contributed by atoms with Crippen molar-refractivity contribution in [2.45, 2.75) is 50.2 Å². The third-order valence-electron chi connectivity index (χ3n) is 7.01. The predicted octanol–water partition coefficient (Wildman–Crippen LogP) is 4.15. The minimum absolute atomic E-state index is 0.0700. The van der Waals surface area contributed by atoms with Crippen LogP contribution in [0.1, 0.15) is 36.8 Å². The Morgan fingerprint density at radius 3 is 2.51 bits per heavy atom. The van der Waals surface area contributed by atoms with E-state index in [0.29, 0.717) is 42.6 Å². The average molecular weight is 487 g/mol. The number of H-pyrrole nitrogens is 1. The number of phenols is 1. The van der Waals surface area contributed by atoms with Crippen LogP contribution in [-0.4, -0.2) is 49.7 Å². The van der Waals surface area contributed by atoms with Crippen molar-refractivity contribution in [3.63, 3.8) is 0 Å². The molecule has 3 aromatic rings. The highest BCUT2D eigenvalue weighted by Crippen LogP contribution is 2.52. The number of para-hydroxylation sites is 1. The molecule has 182 valence electrons. The first-order valence-electron chi connectivity index (χ1n) is 11.2. The fourth-order valence-corrected chi connectivity index (χ4v) is 5.60. The monoisotopic (exact) mass is 487 g/mol. The van der Waals surface area contributed by atoms with E-state index in [0.717, 1.165) is 16.7 Å². The number of halogens is 3. The van der Waals surface area contributed by atoms with Crippen molar-refractivity contribution in [3.8, 4) is 28.6 Å². The molecule has 0 radical (unpaired) electrons. The number of aliphatic hydroxyl groups excluding tert-OH is 1. The molecule has 2 bridgehead atoms. The minimum atomic E-state index is -4.71. The zero-order valence-electron chi connectivity index (χ0n) is 18.2. The zero-order chi connectivity index (χ0) is 24.5. The van der Waals surface area contributed by atoms with Gasteiger partial charge in [0.2, 0.25) is 6.23 Å². The summed E-state index contributed by atoms with van der Waals surface area (Å²) in [5, 5.41) is 24.2. The lowest BCUT2D eigenvalue weighted by molar-refractivity contribution is -0.259. The lowest BCUT2D eigenvalue weighted by atomic mass is 9.83. The summed E-state index contributed by atoms with van der Waals surface area (Å²) in [6.07, 6.45) is -5.38. The van der Waals surface area contributed by atoms with E-state index in [1.165, 1.54) is 11.0 Å². The van der Waals surface area contributed by atoms with Crippen LogP contribution >= 0.6 is 0 Å². The van der Waals surface area contributed by atoms with Gasteiger partial charge in [0.25, 0.3) is 0 Å². The SMILES string of the molecule is O=c1[nH]c(-c2ccc3c(c2)Oc2c(O)cccc2C3=C2CC3CCC(C2)N3C(O)C(F)(F)F)no1. The highest BCUT2D eigenvalue weighted by atomic mass is 19.4. The third-order valence-corrected chi connectivity index (χ3v) is 7.01. The second kappa shape index (κ2) is 7.72. The van der Waals surface area contributed by atoms with Gasteiger partial charge in [-0.3, -0.25) is 14.4 Å². The number of aliphatic hydroxyl groups is 1. The van der Waals surface area contributed by atoms with Gasteiger partial charge in [-0.15, -0.1) is 0 Å². The molecule has 35 heavy (non-hydrogen) atoms. The summed E-state index contributed by atoms with van der Waals surface area (Å²) in [6, 6.07) is 9.30. The summed E-state index contributed by atoms with van der Waals surface area (Å²) in [5.74, 6) is 0.102. The van der Waals surface area contributed by atoms with Crippen molar-refractivity contribution < 1.29 is 32.6 Å². The van der Waals surface area contributed by atoms with Crippen molar-refractivity contribution in [1.29, 1.82) is 0 Å². The lowest BCUT2D eigenvalue weighted by Gasteiger charge is -2.41. The molecule has 3 unspecified atom stereocenters. The van der Waals surface area contributed by atoms with Crippen LogP contribution in [0.5, 0.6) is 17.2 Å². The van der Waals surface area contributed by atoms with E-state index in [9.17, 15) is 28.2 Å². The van der Waals surface area contributed by atoms with Crippen LogP contribution in [0.25, 0.3) is 17.0 Å². The molecule has 0 aliphatic carbocycles. The summed E-state index contributed by atoms with van der Waals surface area (Å²) in [5.41, 5.74) is 3.65. The molecule has 6 rings (SSSR count). The number of fused-ring (bicyclic) bond motifs is 4. The van der Waals surface area contributed by atoms with E-state index < -0.39 is 30.2 Å². The summed E-state index contributed by atoms with van der Waals surface area (Å²) in [7, 11) is 0. The number of hydrogen-bond acceptors (Lipinski definition) is 7. The molecule has 3 aliphatic rings. The van der Waals surface area contributed by atoms with Crippen LogP contribution in [0, 0.1) is 0 Å². The van der Waals surface area contributed by atoms with E-state index in [1.807, 2.05) is 6.07 Å². The van der Waals surface area contributed by atoms with Crippen molar-refractivity contribution >= 4 is 5.57 Å². The summed E-state index contributed by atoms with van der Waals surface area (Å²) in [4.78, 5) is 15.0. The first kappa shape index (κ1) is 21.9. The normalized spacial score (nSPS) is 22.5. The number of phenolic OH excluding ortho intramolecular Hbond substituents is 1. The average Bonchev–Trinajstić information content (AvgIpc) is 3.36. The van der Waals surface area contributed by atoms with Crippen LogP contribution in [-0.2, 0) is 0 Å². The topological polar surface area (TPSA) is 112 Å². The number of piperidine rings is 1. The number of nitrogens with zero attached hydrogens (tertiary/aromatic N) is 2. The van der Waals surface area contributed by atoms with Crippen LogP contribution in [0.15, 0.2) is 51.3 Å². The molecular weight excluding hydrogens is 467 g/mol. The molecule has 2 fully saturated rings. The van der Waals surface area contributed by atoms with Gasteiger partial charge in [0.05, 0.1) is 0 Å². The molecule has 3 N–H and O–H groups in total. The summed E-state index contributed by atoms with van der Waals surface area (Å²) < 4.78 is 50.5. The molecule has 2 saturated heterocycles. The second-order valence-electron chi connectivity index (χ2n) is 9.04. The fourth-order valence-electron chi connectivity index (χ4n) is 5.60. The highest BCUT2D eigenvalue weighted by Gasteiger charge is 2.52. The number of hydrogen-bond donors (Lipinski definition) is 3. The highest BCUT2D eigenvalue weighted by molar-refractivity contribution is 5.91. The maximum absolute atomic E-state index is 13.3. The van der Waals surface area contributed by atoms with Gasteiger partial charge >= 0.3 is 11.9 Å². The van der Waals surface area contributed by atoms with Crippen molar-refractivity contribution in [2.75, 3.05) is 0 Å². The number of alkyl halides is 3. The van der Waals surface area contributed by atoms with Crippen molar-refractivity contribution in [1.82, 2.24) is 15.0 Å². The first-order chi connectivity index (χ1) is 16.7. The molecule has 3 aliphatic heterocycles. The molecule has 0 spiro atoms. The van der Waals surface area contributed by atoms with Gasteiger partial charge in [-0.2, -0.15) is 13.2 Å². The summed E-state index contributed by atoms with van der Waals surface area (Å²) in [6.45, 7) is 0. The number of aromatic amines is 1. The minimum Gasteiger partial charge on any atom is -0.504 e. The number of ether oxygens (including phenoxy) is 1. The van der Waals surface area contributed by atoms with Crippen molar-refractivity contribution in [2.24, 2.45) is 0 Å². The Labute approximate surface area is 196 Å². The first-order valence-corrected chi connectivity index (χ1v) is 11.2. The van der Waals surface area contributed by atoms with Crippen LogP contribution < -0.4 is 10.5 Å². The maximum Gasteiger partial charge on any atom is 0.439 e. The van der Waals surface area contributed by atoms with E-state index in [1.54, 1.807) is 24.3 Å². The standard InChI is InChI=1S/C24H20F3N3O5/c25-24(26,27)22(32)30-13-5-6-14(30)9-12(8-13)19-15-7-4-11(21-28-23(33)35-29-21)10-18(15)34-20-16(19)2-1-3-17(20)31/h1-4,7,10,13-14,22,31-32H,5-6,8-9H2,(H,28,29,33). The Kier molecular flexibility index (Phi) is 4.84. The number of nitrogens with one attached hydrogen (secondary N) is 1. The van der Waals surface area contributed by atoms with Gasteiger partial charge in [0.1, 0.15) is 5.75 Å².